The highest BCUT2D eigenvalue weighted by Crippen LogP contribution is 2.29. The van der Waals surface area contributed by atoms with Crippen molar-refractivity contribution in [3.05, 3.63) is 70.7 Å². The second-order valence-electron chi connectivity index (χ2n) is 8.48. The third kappa shape index (κ3) is 6.55. The first kappa shape index (κ1) is 23.3. The molecule has 1 aliphatic rings. The SMILES string of the molecule is CC(C)C(NC(=O)Cc1ccccc1)C(=O)NCC(c1ccccc1Cl)N1CCCC1. The Hall–Kier alpha value is -2.37. The van der Waals surface area contributed by atoms with Crippen molar-refractivity contribution in [1.82, 2.24) is 15.5 Å². The third-order valence-corrected chi connectivity index (χ3v) is 6.13. The van der Waals surface area contributed by atoms with E-state index in [0.717, 1.165) is 37.1 Å². The minimum atomic E-state index is -0.582. The third-order valence-electron chi connectivity index (χ3n) is 5.79. The van der Waals surface area contributed by atoms with Gasteiger partial charge in [-0.15, -0.1) is 0 Å². The predicted octanol–water partition coefficient (Wildman–Crippen LogP) is 3.98. The first-order valence-corrected chi connectivity index (χ1v) is 11.4. The second-order valence-corrected chi connectivity index (χ2v) is 8.88. The number of rotatable bonds is 9. The molecule has 2 amide bonds. The summed E-state index contributed by atoms with van der Waals surface area (Å²) in [6, 6.07) is 16.8. The zero-order chi connectivity index (χ0) is 22.2. The minimum Gasteiger partial charge on any atom is -0.352 e. The molecule has 166 valence electrons. The first-order chi connectivity index (χ1) is 15.0. The highest BCUT2D eigenvalue weighted by atomic mass is 35.5. The fraction of sp³-hybridized carbons (Fsp3) is 0.440. The van der Waals surface area contributed by atoms with Gasteiger partial charge in [-0.3, -0.25) is 14.5 Å². The van der Waals surface area contributed by atoms with Crippen LogP contribution in [0.25, 0.3) is 0 Å². The van der Waals surface area contributed by atoms with E-state index in [-0.39, 0.29) is 30.2 Å². The molecular formula is C25H32ClN3O2. The molecular weight excluding hydrogens is 410 g/mol. The number of carbonyl (C=O) groups is 2. The monoisotopic (exact) mass is 441 g/mol. The summed E-state index contributed by atoms with van der Waals surface area (Å²) >= 11 is 6.48. The van der Waals surface area contributed by atoms with Gasteiger partial charge in [0, 0.05) is 11.6 Å². The molecule has 5 nitrogen and oxygen atoms in total. The number of hydrogen-bond donors (Lipinski definition) is 2. The highest BCUT2D eigenvalue weighted by molar-refractivity contribution is 6.31. The molecule has 2 N–H and O–H groups in total. The van der Waals surface area contributed by atoms with Crippen LogP contribution < -0.4 is 10.6 Å². The van der Waals surface area contributed by atoms with Gasteiger partial charge in [0.15, 0.2) is 0 Å². The highest BCUT2D eigenvalue weighted by Gasteiger charge is 2.28. The minimum absolute atomic E-state index is 0.0213. The van der Waals surface area contributed by atoms with Crippen molar-refractivity contribution in [2.45, 2.75) is 45.2 Å². The van der Waals surface area contributed by atoms with Gasteiger partial charge >= 0.3 is 0 Å². The maximum Gasteiger partial charge on any atom is 0.242 e. The Labute approximate surface area is 190 Å². The number of halogens is 1. The standard InChI is InChI=1S/C25H32ClN3O2/c1-18(2)24(28-23(30)16-19-10-4-3-5-11-19)25(31)27-17-22(29-14-8-9-15-29)20-12-6-7-13-21(20)26/h3-7,10-13,18,22,24H,8-9,14-17H2,1-2H3,(H,27,31)(H,28,30). The van der Waals surface area contributed by atoms with Gasteiger partial charge in [0.25, 0.3) is 0 Å². The molecule has 0 spiro atoms. The van der Waals surface area contributed by atoms with Gasteiger partial charge in [0.1, 0.15) is 6.04 Å². The van der Waals surface area contributed by atoms with E-state index >= 15 is 0 Å². The summed E-state index contributed by atoms with van der Waals surface area (Å²) in [6.45, 7) is 6.33. The summed E-state index contributed by atoms with van der Waals surface area (Å²) in [6.07, 6.45) is 2.56. The van der Waals surface area contributed by atoms with Crippen molar-refractivity contribution >= 4 is 23.4 Å². The van der Waals surface area contributed by atoms with E-state index in [0.29, 0.717) is 11.6 Å². The Balaban J connectivity index is 1.64. The molecule has 0 aromatic heterocycles. The number of likely N-dealkylation sites (tertiary alicyclic amines) is 1. The maximum atomic E-state index is 13.0. The van der Waals surface area contributed by atoms with Crippen molar-refractivity contribution in [3.8, 4) is 0 Å². The fourth-order valence-electron chi connectivity index (χ4n) is 4.08. The number of benzene rings is 2. The van der Waals surface area contributed by atoms with Gasteiger partial charge in [-0.1, -0.05) is 74.0 Å². The lowest BCUT2D eigenvalue weighted by molar-refractivity contribution is -0.129. The molecule has 31 heavy (non-hydrogen) atoms. The Morgan fingerprint density at radius 3 is 2.29 bits per heavy atom. The van der Waals surface area contributed by atoms with Crippen LogP contribution >= 0.6 is 11.6 Å². The normalized spacial score (nSPS) is 16.1. The van der Waals surface area contributed by atoms with Crippen LogP contribution in [-0.4, -0.2) is 42.4 Å². The summed E-state index contributed by atoms with van der Waals surface area (Å²) < 4.78 is 0. The molecule has 1 aliphatic heterocycles. The lowest BCUT2D eigenvalue weighted by Crippen LogP contribution is -2.51. The Morgan fingerprint density at radius 1 is 1.00 bits per heavy atom. The van der Waals surface area contributed by atoms with E-state index < -0.39 is 6.04 Å². The Morgan fingerprint density at radius 2 is 1.65 bits per heavy atom. The van der Waals surface area contributed by atoms with E-state index in [4.69, 9.17) is 11.6 Å². The predicted molar refractivity (Wildman–Crippen MR) is 125 cm³/mol. The average molecular weight is 442 g/mol. The molecule has 0 bridgehead atoms. The van der Waals surface area contributed by atoms with Crippen LogP contribution in [-0.2, 0) is 16.0 Å². The van der Waals surface area contributed by atoms with Gasteiger partial charge in [-0.25, -0.2) is 0 Å². The van der Waals surface area contributed by atoms with Crippen molar-refractivity contribution in [1.29, 1.82) is 0 Å². The summed E-state index contributed by atoms with van der Waals surface area (Å²) in [5.41, 5.74) is 1.95. The van der Waals surface area contributed by atoms with Crippen LogP contribution in [0.3, 0.4) is 0 Å². The zero-order valence-corrected chi connectivity index (χ0v) is 19.1. The molecule has 3 rings (SSSR count). The number of nitrogens with one attached hydrogen (secondary N) is 2. The van der Waals surface area contributed by atoms with E-state index in [2.05, 4.69) is 15.5 Å². The van der Waals surface area contributed by atoms with Crippen molar-refractivity contribution in [3.63, 3.8) is 0 Å². The summed E-state index contributed by atoms with van der Waals surface area (Å²) in [7, 11) is 0. The van der Waals surface area contributed by atoms with Crippen molar-refractivity contribution in [2.75, 3.05) is 19.6 Å². The Kier molecular flexibility index (Phi) is 8.50. The van der Waals surface area contributed by atoms with Gasteiger partial charge < -0.3 is 10.6 Å². The molecule has 2 unspecified atom stereocenters. The molecule has 1 saturated heterocycles. The number of hydrogen-bond acceptors (Lipinski definition) is 3. The summed E-state index contributed by atoms with van der Waals surface area (Å²) in [4.78, 5) is 27.9. The smallest absolute Gasteiger partial charge is 0.242 e. The van der Waals surface area contributed by atoms with Crippen molar-refractivity contribution < 1.29 is 9.59 Å². The lowest BCUT2D eigenvalue weighted by Gasteiger charge is -2.30. The average Bonchev–Trinajstić information content (AvgIpc) is 3.28. The largest absolute Gasteiger partial charge is 0.352 e. The molecule has 2 atom stereocenters. The van der Waals surface area contributed by atoms with Gasteiger partial charge in [0.05, 0.1) is 12.5 Å². The lowest BCUT2D eigenvalue weighted by atomic mass is 10.0. The first-order valence-electron chi connectivity index (χ1n) is 11.0. The van der Waals surface area contributed by atoms with E-state index in [1.807, 2.05) is 68.4 Å². The van der Waals surface area contributed by atoms with Crippen LogP contribution in [0, 0.1) is 5.92 Å². The molecule has 1 fully saturated rings. The molecule has 0 radical (unpaired) electrons. The van der Waals surface area contributed by atoms with Gasteiger partial charge in [-0.05, 0) is 49.0 Å². The molecule has 0 aliphatic carbocycles. The maximum absolute atomic E-state index is 13.0. The summed E-state index contributed by atoms with van der Waals surface area (Å²) in [5, 5.41) is 6.71. The van der Waals surface area contributed by atoms with Gasteiger partial charge in [-0.2, -0.15) is 0 Å². The van der Waals surface area contributed by atoms with Crippen LogP contribution in [0.1, 0.15) is 43.9 Å². The fourth-order valence-corrected chi connectivity index (χ4v) is 4.34. The molecule has 2 aromatic carbocycles. The Bertz CT molecular complexity index is 866. The molecule has 1 heterocycles. The zero-order valence-electron chi connectivity index (χ0n) is 18.3. The van der Waals surface area contributed by atoms with Crippen LogP contribution in [0.2, 0.25) is 5.02 Å². The van der Waals surface area contributed by atoms with E-state index in [1.165, 1.54) is 0 Å². The molecule has 6 heteroatoms. The van der Waals surface area contributed by atoms with Crippen LogP contribution in [0.4, 0.5) is 0 Å². The summed E-state index contributed by atoms with van der Waals surface area (Å²) in [5.74, 6) is -0.333. The van der Waals surface area contributed by atoms with Crippen molar-refractivity contribution in [2.24, 2.45) is 5.92 Å². The quantitative estimate of drug-likeness (QED) is 0.618. The topological polar surface area (TPSA) is 61.4 Å². The molecule has 0 saturated carbocycles. The second kappa shape index (κ2) is 11.3. The van der Waals surface area contributed by atoms with Gasteiger partial charge in [0.2, 0.25) is 11.8 Å². The number of amides is 2. The molecule has 2 aromatic rings. The van der Waals surface area contributed by atoms with E-state index in [9.17, 15) is 9.59 Å². The number of carbonyl (C=O) groups excluding carboxylic acids is 2. The van der Waals surface area contributed by atoms with Crippen LogP contribution in [0.15, 0.2) is 54.6 Å². The van der Waals surface area contributed by atoms with E-state index in [1.54, 1.807) is 0 Å². The number of nitrogens with zero attached hydrogens (tertiary/aromatic N) is 1. The van der Waals surface area contributed by atoms with Crippen LogP contribution in [0.5, 0.6) is 0 Å².